The third-order valence-electron chi connectivity index (χ3n) is 2.79. The molecule has 0 radical (unpaired) electrons. The Morgan fingerprint density at radius 3 is 2.65 bits per heavy atom. The minimum absolute atomic E-state index is 0.0608. The van der Waals surface area contributed by atoms with Gasteiger partial charge in [-0.15, -0.1) is 11.6 Å². The summed E-state index contributed by atoms with van der Waals surface area (Å²) in [6, 6.07) is 4.23. The minimum Gasteiger partial charge on any atom is -0.508 e. The number of phenols is 2. The molecule has 17 heavy (non-hydrogen) atoms. The second-order valence-corrected chi connectivity index (χ2v) is 4.50. The van der Waals surface area contributed by atoms with E-state index in [2.05, 4.69) is 0 Å². The fourth-order valence-corrected chi connectivity index (χ4v) is 1.96. The van der Waals surface area contributed by atoms with Crippen molar-refractivity contribution in [2.24, 2.45) is 0 Å². The molecule has 0 saturated heterocycles. The molecule has 1 aromatic rings. The Morgan fingerprint density at radius 2 is 2.12 bits per heavy atom. The van der Waals surface area contributed by atoms with E-state index in [0.29, 0.717) is 12.4 Å². The van der Waals surface area contributed by atoms with Crippen LogP contribution in [0.2, 0.25) is 0 Å². The van der Waals surface area contributed by atoms with E-state index in [4.69, 9.17) is 11.6 Å². The third kappa shape index (κ3) is 2.64. The quantitative estimate of drug-likeness (QED) is 0.809. The summed E-state index contributed by atoms with van der Waals surface area (Å²) in [5, 5.41) is 18.8. The molecule has 1 aliphatic carbocycles. The largest absolute Gasteiger partial charge is 0.508 e. The molecule has 2 rings (SSSR count). The van der Waals surface area contributed by atoms with Crippen molar-refractivity contribution >= 4 is 17.5 Å². The highest BCUT2D eigenvalue weighted by Crippen LogP contribution is 2.31. The summed E-state index contributed by atoms with van der Waals surface area (Å²) in [6.45, 7) is 0.478. The zero-order valence-corrected chi connectivity index (χ0v) is 10.0. The fourth-order valence-electron chi connectivity index (χ4n) is 1.78. The second-order valence-electron chi connectivity index (χ2n) is 4.12. The average Bonchev–Trinajstić information content (AvgIpc) is 3.09. The monoisotopic (exact) mass is 255 g/mol. The lowest BCUT2D eigenvalue weighted by Crippen LogP contribution is -2.34. The molecule has 0 aliphatic heterocycles. The van der Waals surface area contributed by atoms with Crippen LogP contribution in [0, 0.1) is 0 Å². The van der Waals surface area contributed by atoms with Gasteiger partial charge in [-0.1, -0.05) is 0 Å². The molecule has 0 bridgehead atoms. The van der Waals surface area contributed by atoms with Crippen LogP contribution >= 0.6 is 11.6 Å². The number of amides is 1. The van der Waals surface area contributed by atoms with Crippen molar-refractivity contribution in [3.63, 3.8) is 0 Å². The van der Waals surface area contributed by atoms with Gasteiger partial charge in [0.2, 0.25) is 0 Å². The van der Waals surface area contributed by atoms with Crippen LogP contribution in [0.15, 0.2) is 18.2 Å². The normalized spacial score (nSPS) is 14.6. The summed E-state index contributed by atoms with van der Waals surface area (Å²) in [7, 11) is 0. The van der Waals surface area contributed by atoms with E-state index in [0.717, 1.165) is 12.8 Å². The first-order chi connectivity index (χ1) is 8.13. The molecule has 4 nitrogen and oxygen atoms in total. The van der Waals surface area contributed by atoms with Crippen molar-refractivity contribution < 1.29 is 15.0 Å². The van der Waals surface area contributed by atoms with Gasteiger partial charge in [-0.2, -0.15) is 0 Å². The lowest BCUT2D eigenvalue weighted by molar-refractivity contribution is 0.0750. The van der Waals surface area contributed by atoms with E-state index in [9.17, 15) is 15.0 Å². The standard InChI is InChI=1S/C12H14ClNO3/c13-5-6-14(8-1-2-8)12(17)10-4-3-9(15)7-11(10)16/h3-4,7-8,15-16H,1-2,5-6H2. The Labute approximate surface area is 104 Å². The molecule has 0 heterocycles. The van der Waals surface area contributed by atoms with Crippen LogP contribution < -0.4 is 0 Å². The number of carbonyl (C=O) groups is 1. The van der Waals surface area contributed by atoms with Gasteiger partial charge in [0.05, 0.1) is 5.56 Å². The molecule has 0 aromatic heterocycles. The number of benzene rings is 1. The molecular formula is C12H14ClNO3. The lowest BCUT2D eigenvalue weighted by atomic mass is 10.1. The van der Waals surface area contributed by atoms with Gasteiger partial charge in [-0.3, -0.25) is 4.79 Å². The van der Waals surface area contributed by atoms with E-state index in [-0.39, 0.29) is 29.0 Å². The number of hydrogen-bond donors (Lipinski definition) is 2. The number of aromatic hydroxyl groups is 2. The lowest BCUT2D eigenvalue weighted by Gasteiger charge is -2.21. The number of hydrogen-bond acceptors (Lipinski definition) is 3. The van der Waals surface area contributed by atoms with Crippen LogP contribution in [0.3, 0.4) is 0 Å². The highest BCUT2D eigenvalue weighted by molar-refractivity contribution is 6.18. The van der Waals surface area contributed by atoms with Gasteiger partial charge >= 0.3 is 0 Å². The van der Waals surface area contributed by atoms with Crippen LogP contribution in [0.25, 0.3) is 0 Å². The molecule has 0 unspecified atom stereocenters. The predicted octanol–water partition coefficient (Wildman–Crippen LogP) is 1.94. The van der Waals surface area contributed by atoms with E-state index < -0.39 is 0 Å². The van der Waals surface area contributed by atoms with Gasteiger partial charge in [-0.25, -0.2) is 0 Å². The molecular weight excluding hydrogens is 242 g/mol. The van der Waals surface area contributed by atoms with Crippen molar-refractivity contribution in [3.05, 3.63) is 23.8 Å². The van der Waals surface area contributed by atoms with E-state index in [1.807, 2.05) is 0 Å². The summed E-state index contributed by atoms with van der Waals surface area (Å²) in [4.78, 5) is 13.9. The van der Waals surface area contributed by atoms with Crippen LogP contribution in [-0.2, 0) is 0 Å². The highest BCUT2D eigenvalue weighted by atomic mass is 35.5. The summed E-state index contributed by atoms with van der Waals surface area (Å²) < 4.78 is 0. The smallest absolute Gasteiger partial charge is 0.257 e. The minimum atomic E-state index is -0.231. The Kier molecular flexibility index (Phi) is 3.43. The molecule has 92 valence electrons. The number of rotatable bonds is 4. The SMILES string of the molecule is O=C(c1ccc(O)cc1O)N(CCCl)C1CC1. The topological polar surface area (TPSA) is 60.8 Å². The Morgan fingerprint density at radius 1 is 1.41 bits per heavy atom. The number of nitrogens with zero attached hydrogens (tertiary/aromatic N) is 1. The summed E-state index contributed by atoms with van der Waals surface area (Å²) in [5.41, 5.74) is 0.208. The first-order valence-corrected chi connectivity index (χ1v) is 6.06. The number of carbonyl (C=O) groups excluding carboxylic acids is 1. The van der Waals surface area contributed by atoms with E-state index in [1.54, 1.807) is 4.90 Å². The fraction of sp³-hybridized carbons (Fsp3) is 0.417. The summed E-state index contributed by atoms with van der Waals surface area (Å²) in [6.07, 6.45) is 1.98. The first kappa shape index (κ1) is 12.0. The molecule has 2 N–H and O–H groups in total. The maximum atomic E-state index is 12.2. The zero-order chi connectivity index (χ0) is 12.4. The highest BCUT2D eigenvalue weighted by Gasteiger charge is 2.33. The number of halogens is 1. The van der Waals surface area contributed by atoms with Crippen molar-refractivity contribution in [2.75, 3.05) is 12.4 Å². The number of alkyl halides is 1. The van der Waals surface area contributed by atoms with Crippen LogP contribution in [0.5, 0.6) is 11.5 Å². The van der Waals surface area contributed by atoms with Crippen molar-refractivity contribution in [1.29, 1.82) is 0 Å². The van der Waals surface area contributed by atoms with Gasteiger partial charge < -0.3 is 15.1 Å². The Balaban J connectivity index is 2.22. The molecule has 0 spiro atoms. The average molecular weight is 256 g/mol. The second kappa shape index (κ2) is 4.84. The zero-order valence-electron chi connectivity index (χ0n) is 9.27. The molecule has 1 fully saturated rings. The predicted molar refractivity (Wildman–Crippen MR) is 64.6 cm³/mol. The van der Waals surface area contributed by atoms with Crippen LogP contribution in [0.1, 0.15) is 23.2 Å². The van der Waals surface area contributed by atoms with E-state index >= 15 is 0 Å². The molecule has 1 saturated carbocycles. The number of phenolic OH excluding ortho intramolecular Hbond substituents is 2. The summed E-state index contributed by atoms with van der Waals surface area (Å²) >= 11 is 5.67. The van der Waals surface area contributed by atoms with Crippen molar-refractivity contribution in [3.8, 4) is 11.5 Å². The molecule has 1 aliphatic rings. The molecule has 1 amide bonds. The molecule has 5 heteroatoms. The van der Waals surface area contributed by atoms with Crippen LogP contribution in [0.4, 0.5) is 0 Å². The van der Waals surface area contributed by atoms with Gasteiger partial charge in [-0.05, 0) is 25.0 Å². The summed E-state index contributed by atoms with van der Waals surface area (Å²) in [5.74, 6) is -0.114. The maximum absolute atomic E-state index is 12.2. The van der Waals surface area contributed by atoms with Gasteiger partial charge in [0.25, 0.3) is 5.91 Å². The van der Waals surface area contributed by atoms with Gasteiger partial charge in [0, 0.05) is 24.5 Å². The van der Waals surface area contributed by atoms with Gasteiger partial charge in [0.15, 0.2) is 0 Å². The third-order valence-corrected chi connectivity index (χ3v) is 2.95. The maximum Gasteiger partial charge on any atom is 0.257 e. The first-order valence-electron chi connectivity index (χ1n) is 5.52. The molecule has 1 aromatic carbocycles. The van der Waals surface area contributed by atoms with E-state index in [1.165, 1.54) is 18.2 Å². The van der Waals surface area contributed by atoms with Crippen molar-refractivity contribution in [1.82, 2.24) is 4.90 Å². The Hall–Kier alpha value is -1.42. The molecule has 0 atom stereocenters. The van der Waals surface area contributed by atoms with Crippen molar-refractivity contribution in [2.45, 2.75) is 18.9 Å². The van der Waals surface area contributed by atoms with Gasteiger partial charge in [0.1, 0.15) is 11.5 Å². The Bertz CT molecular complexity index is 432. The van der Waals surface area contributed by atoms with Crippen LogP contribution in [-0.4, -0.2) is 39.5 Å².